The van der Waals surface area contributed by atoms with Crippen LogP contribution in [0.25, 0.3) is 0 Å². The molecule has 2 N–H and O–H groups in total. The van der Waals surface area contributed by atoms with Crippen molar-refractivity contribution in [1.82, 2.24) is 4.98 Å². The van der Waals surface area contributed by atoms with E-state index in [1.165, 1.54) is 6.20 Å². The number of hydrogen-bond donors (Lipinski definition) is 1. The van der Waals surface area contributed by atoms with E-state index in [4.69, 9.17) is 22.1 Å². The summed E-state index contributed by atoms with van der Waals surface area (Å²) in [5.41, 5.74) is 5.41. The molecule has 0 aliphatic carbocycles. The van der Waals surface area contributed by atoms with Gasteiger partial charge in [-0.25, -0.2) is 4.98 Å². The van der Waals surface area contributed by atoms with E-state index in [9.17, 15) is 0 Å². The van der Waals surface area contributed by atoms with Crippen molar-refractivity contribution < 1.29 is 4.74 Å². The van der Waals surface area contributed by atoms with Crippen LogP contribution < -0.4 is 10.5 Å². The topological polar surface area (TPSA) is 48.1 Å². The van der Waals surface area contributed by atoms with Crippen molar-refractivity contribution in [1.29, 1.82) is 0 Å². The summed E-state index contributed by atoms with van der Waals surface area (Å²) < 4.78 is 5.17. The highest BCUT2D eigenvalue weighted by Gasteiger charge is 2.00. The Kier molecular flexibility index (Phi) is 2.54. The molecule has 0 amide bonds. The Hall–Kier alpha value is -0.960. The molecular formula is C7H9ClN2O. The molecule has 0 radical (unpaired) electrons. The molecule has 60 valence electrons. The summed E-state index contributed by atoms with van der Waals surface area (Å²) >= 11 is 5.73. The van der Waals surface area contributed by atoms with Gasteiger partial charge in [0.25, 0.3) is 0 Å². The minimum Gasteiger partial charge on any atom is -0.492 e. The van der Waals surface area contributed by atoms with Gasteiger partial charge in [-0.2, -0.15) is 0 Å². The highest BCUT2D eigenvalue weighted by Crippen LogP contribution is 2.24. The summed E-state index contributed by atoms with van der Waals surface area (Å²) in [6.45, 7) is 2.45. The standard InChI is InChI=1S/C7H9ClN2O/c1-2-11-6-3-7(9)10-4-5(6)8/h3-4H,2H2,1H3,(H2,9,10). The predicted octanol–water partition coefficient (Wildman–Crippen LogP) is 1.72. The molecule has 0 saturated carbocycles. The maximum absolute atomic E-state index is 5.73. The number of nitrogen functional groups attached to an aromatic ring is 1. The van der Waals surface area contributed by atoms with Crippen molar-refractivity contribution in [3.63, 3.8) is 0 Å². The normalized spacial score (nSPS) is 9.64. The molecule has 0 spiro atoms. The molecule has 1 aromatic rings. The molecule has 0 aromatic carbocycles. The van der Waals surface area contributed by atoms with Gasteiger partial charge in [0.05, 0.1) is 12.8 Å². The zero-order chi connectivity index (χ0) is 8.27. The molecule has 4 heteroatoms. The van der Waals surface area contributed by atoms with E-state index in [0.29, 0.717) is 23.2 Å². The van der Waals surface area contributed by atoms with E-state index in [1.54, 1.807) is 6.07 Å². The molecule has 0 saturated heterocycles. The van der Waals surface area contributed by atoms with Crippen LogP contribution in [0.1, 0.15) is 6.92 Å². The lowest BCUT2D eigenvalue weighted by Crippen LogP contribution is -1.95. The van der Waals surface area contributed by atoms with Gasteiger partial charge in [-0.1, -0.05) is 11.6 Å². The highest BCUT2D eigenvalue weighted by molar-refractivity contribution is 6.31. The summed E-state index contributed by atoms with van der Waals surface area (Å²) in [5.74, 6) is 1.000. The predicted molar refractivity (Wildman–Crippen MR) is 44.8 cm³/mol. The Morgan fingerprint density at radius 1 is 1.73 bits per heavy atom. The molecule has 1 rings (SSSR count). The lowest BCUT2D eigenvalue weighted by molar-refractivity contribution is 0.340. The Balaban J connectivity index is 2.93. The first-order chi connectivity index (χ1) is 5.24. The summed E-state index contributed by atoms with van der Waals surface area (Å²) in [4.78, 5) is 3.79. The van der Waals surface area contributed by atoms with Crippen molar-refractivity contribution in [2.75, 3.05) is 12.3 Å². The second-order valence-corrected chi connectivity index (χ2v) is 2.38. The molecule has 0 aliphatic heterocycles. The van der Waals surface area contributed by atoms with Gasteiger partial charge >= 0.3 is 0 Å². The fourth-order valence-electron chi connectivity index (χ4n) is 0.701. The van der Waals surface area contributed by atoms with Crippen LogP contribution in [0.2, 0.25) is 5.02 Å². The van der Waals surface area contributed by atoms with Crippen molar-refractivity contribution >= 4 is 17.4 Å². The van der Waals surface area contributed by atoms with Gasteiger partial charge in [-0.15, -0.1) is 0 Å². The zero-order valence-corrected chi connectivity index (χ0v) is 6.93. The largest absolute Gasteiger partial charge is 0.492 e. The highest BCUT2D eigenvalue weighted by atomic mass is 35.5. The van der Waals surface area contributed by atoms with E-state index >= 15 is 0 Å². The number of anilines is 1. The number of rotatable bonds is 2. The minimum atomic E-state index is 0.415. The number of pyridine rings is 1. The summed E-state index contributed by atoms with van der Waals surface area (Å²) in [7, 11) is 0. The van der Waals surface area contributed by atoms with Crippen molar-refractivity contribution in [3.05, 3.63) is 17.3 Å². The molecular weight excluding hydrogens is 164 g/mol. The third-order valence-electron chi connectivity index (χ3n) is 1.14. The number of hydrogen-bond acceptors (Lipinski definition) is 3. The zero-order valence-electron chi connectivity index (χ0n) is 6.17. The first kappa shape index (κ1) is 8.14. The van der Waals surface area contributed by atoms with Crippen LogP contribution in [0.4, 0.5) is 5.82 Å². The minimum absolute atomic E-state index is 0.415. The SMILES string of the molecule is CCOc1cc(N)ncc1Cl. The molecule has 0 bridgehead atoms. The van der Waals surface area contributed by atoms with Crippen LogP contribution in [0.3, 0.4) is 0 Å². The molecule has 1 aromatic heterocycles. The maximum Gasteiger partial charge on any atom is 0.143 e. The fourth-order valence-corrected chi connectivity index (χ4v) is 0.859. The van der Waals surface area contributed by atoms with Crippen LogP contribution in [0.5, 0.6) is 5.75 Å². The van der Waals surface area contributed by atoms with Crippen LogP contribution in [0, 0.1) is 0 Å². The van der Waals surface area contributed by atoms with Crippen molar-refractivity contribution in [2.24, 2.45) is 0 Å². The third-order valence-corrected chi connectivity index (χ3v) is 1.43. The van der Waals surface area contributed by atoms with Crippen molar-refractivity contribution in [3.8, 4) is 5.75 Å². The number of nitrogens with two attached hydrogens (primary N) is 1. The van der Waals surface area contributed by atoms with Gasteiger partial charge in [-0.05, 0) is 6.92 Å². The van der Waals surface area contributed by atoms with Crippen LogP contribution in [-0.4, -0.2) is 11.6 Å². The lowest BCUT2D eigenvalue weighted by atomic mass is 10.4. The van der Waals surface area contributed by atoms with E-state index in [1.807, 2.05) is 6.92 Å². The second-order valence-electron chi connectivity index (χ2n) is 1.97. The summed E-state index contributed by atoms with van der Waals surface area (Å²) in [6.07, 6.45) is 1.47. The molecule has 0 atom stereocenters. The van der Waals surface area contributed by atoms with Gasteiger partial charge in [-0.3, -0.25) is 0 Å². The van der Waals surface area contributed by atoms with Crippen molar-refractivity contribution in [2.45, 2.75) is 6.92 Å². The summed E-state index contributed by atoms with van der Waals surface area (Å²) in [6, 6.07) is 1.60. The van der Waals surface area contributed by atoms with Gasteiger partial charge in [0.1, 0.15) is 16.6 Å². The van der Waals surface area contributed by atoms with E-state index in [-0.39, 0.29) is 0 Å². The molecule has 3 nitrogen and oxygen atoms in total. The molecule has 0 unspecified atom stereocenters. The molecule has 0 fully saturated rings. The number of aromatic nitrogens is 1. The van der Waals surface area contributed by atoms with Crippen LogP contribution in [-0.2, 0) is 0 Å². The number of ether oxygens (including phenoxy) is 1. The third kappa shape index (κ3) is 1.98. The molecule has 1 heterocycles. The second kappa shape index (κ2) is 3.44. The maximum atomic E-state index is 5.73. The first-order valence-electron chi connectivity index (χ1n) is 3.28. The number of halogens is 1. The van der Waals surface area contributed by atoms with E-state index in [2.05, 4.69) is 4.98 Å². The van der Waals surface area contributed by atoms with Crippen LogP contribution in [0.15, 0.2) is 12.3 Å². The van der Waals surface area contributed by atoms with Crippen LogP contribution >= 0.6 is 11.6 Å². The first-order valence-corrected chi connectivity index (χ1v) is 3.65. The molecule has 11 heavy (non-hydrogen) atoms. The average molecular weight is 173 g/mol. The monoisotopic (exact) mass is 172 g/mol. The Bertz CT molecular complexity index is 252. The molecule has 0 aliphatic rings. The smallest absolute Gasteiger partial charge is 0.143 e. The van der Waals surface area contributed by atoms with Gasteiger partial charge in [0.2, 0.25) is 0 Å². The Morgan fingerprint density at radius 3 is 3.09 bits per heavy atom. The fraction of sp³-hybridized carbons (Fsp3) is 0.286. The van der Waals surface area contributed by atoms with Gasteiger partial charge in [0.15, 0.2) is 0 Å². The number of nitrogens with zero attached hydrogens (tertiary/aromatic N) is 1. The Morgan fingerprint density at radius 2 is 2.45 bits per heavy atom. The average Bonchev–Trinajstić information content (AvgIpc) is 1.98. The quantitative estimate of drug-likeness (QED) is 0.739. The van der Waals surface area contributed by atoms with E-state index < -0.39 is 0 Å². The van der Waals surface area contributed by atoms with Gasteiger partial charge in [0, 0.05) is 6.07 Å². The lowest BCUT2D eigenvalue weighted by Gasteiger charge is -2.04. The summed E-state index contributed by atoms with van der Waals surface area (Å²) in [5, 5.41) is 0.487. The van der Waals surface area contributed by atoms with E-state index in [0.717, 1.165) is 0 Å². The Labute approximate surface area is 70.1 Å². The van der Waals surface area contributed by atoms with Gasteiger partial charge < -0.3 is 10.5 Å².